The van der Waals surface area contributed by atoms with E-state index in [1.807, 2.05) is 0 Å². The van der Waals surface area contributed by atoms with Gasteiger partial charge in [0.25, 0.3) is 0 Å². The normalized spacial score (nSPS) is 19.7. The van der Waals surface area contributed by atoms with Crippen molar-refractivity contribution >= 4 is 16.7 Å². The van der Waals surface area contributed by atoms with Crippen LogP contribution >= 0.6 is 11.5 Å². The molecule has 1 aromatic heterocycles. The van der Waals surface area contributed by atoms with Gasteiger partial charge in [0.05, 0.1) is 32.5 Å². The number of rotatable bonds is 2. The van der Waals surface area contributed by atoms with Crippen LogP contribution < -0.4 is 5.32 Å². The first-order valence-electron chi connectivity index (χ1n) is 4.14. The standard InChI is InChI=1S/C7H11N3O2S/c1-2-12-4-6(3-11-1)10-7-8-5-9-13-7/h5-6H,1-4H2,(H,8,9,10). The summed E-state index contributed by atoms with van der Waals surface area (Å²) in [5.41, 5.74) is 0. The highest BCUT2D eigenvalue weighted by Crippen LogP contribution is 2.09. The molecular formula is C7H11N3O2S. The van der Waals surface area contributed by atoms with Gasteiger partial charge < -0.3 is 14.8 Å². The van der Waals surface area contributed by atoms with Crippen molar-refractivity contribution in [2.45, 2.75) is 6.04 Å². The monoisotopic (exact) mass is 201 g/mol. The number of anilines is 1. The quantitative estimate of drug-likeness (QED) is 0.749. The second kappa shape index (κ2) is 4.50. The van der Waals surface area contributed by atoms with Gasteiger partial charge in [0, 0.05) is 11.5 Å². The van der Waals surface area contributed by atoms with E-state index in [0.717, 1.165) is 5.13 Å². The molecule has 1 N–H and O–H groups in total. The second-order valence-corrected chi connectivity index (χ2v) is 3.52. The van der Waals surface area contributed by atoms with Gasteiger partial charge in [-0.05, 0) is 0 Å². The molecule has 72 valence electrons. The predicted octanol–water partition coefficient (Wildman–Crippen LogP) is 0.365. The summed E-state index contributed by atoms with van der Waals surface area (Å²) in [6.07, 6.45) is 1.53. The highest BCUT2D eigenvalue weighted by atomic mass is 32.1. The topological polar surface area (TPSA) is 56.3 Å². The van der Waals surface area contributed by atoms with Crippen LogP contribution in [0.1, 0.15) is 0 Å². The van der Waals surface area contributed by atoms with E-state index < -0.39 is 0 Å². The van der Waals surface area contributed by atoms with E-state index in [9.17, 15) is 0 Å². The molecule has 13 heavy (non-hydrogen) atoms. The van der Waals surface area contributed by atoms with Gasteiger partial charge in [-0.2, -0.15) is 4.37 Å². The smallest absolute Gasteiger partial charge is 0.202 e. The summed E-state index contributed by atoms with van der Waals surface area (Å²) in [4.78, 5) is 4.03. The van der Waals surface area contributed by atoms with Gasteiger partial charge in [0.2, 0.25) is 5.13 Å². The fraction of sp³-hybridized carbons (Fsp3) is 0.714. The van der Waals surface area contributed by atoms with Gasteiger partial charge >= 0.3 is 0 Å². The molecule has 0 atom stereocenters. The molecule has 1 aliphatic heterocycles. The number of nitrogens with zero attached hydrogens (tertiary/aromatic N) is 2. The van der Waals surface area contributed by atoms with Crippen molar-refractivity contribution < 1.29 is 9.47 Å². The maximum absolute atomic E-state index is 5.32. The number of hydrogen-bond acceptors (Lipinski definition) is 6. The predicted molar refractivity (Wildman–Crippen MR) is 49.0 cm³/mol. The fourth-order valence-corrected chi connectivity index (χ4v) is 1.62. The largest absolute Gasteiger partial charge is 0.377 e. The zero-order valence-electron chi connectivity index (χ0n) is 7.10. The molecule has 5 nitrogen and oxygen atoms in total. The lowest BCUT2D eigenvalue weighted by atomic mass is 10.3. The van der Waals surface area contributed by atoms with Crippen LogP contribution in [-0.2, 0) is 9.47 Å². The van der Waals surface area contributed by atoms with Crippen molar-refractivity contribution in [1.82, 2.24) is 9.36 Å². The van der Waals surface area contributed by atoms with Crippen molar-refractivity contribution in [3.8, 4) is 0 Å². The van der Waals surface area contributed by atoms with Gasteiger partial charge in [-0.15, -0.1) is 0 Å². The summed E-state index contributed by atoms with van der Waals surface area (Å²) in [5, 5.41) is 4.01. The highest BCUT2D eigenvalue weighted by Gasteiger charge is 2.13. The zero-order chi connectivity index (χ0) is 8.93. The Hall–Kier alpha value is -0.720. The van der Waals surface area contributed by atoms with Crippen LogP contribution in [0.15, 0.2) is 6.33 Å². The molecule has 0 spiro atoms. The maximum Gasteiger partial charge on any atom is 0.202 e. The molecular weight excluding hydrogens is 190 g/mol. The highest BCUT2D eigenvalue weighted by molar-refractivity contribution is 7.09. The summed E-state index contributed by atoms with van der Waals surface area (Å²) >= 11 is 1.34. The molecule has 1 aromatic rings. The third-order valence-corrected chi connectivity index (χ3v) is 2.29. The van der Waals surface area contributed by atoms with Crippen molar-refractivity contribution in [2.24, 2.45) is 0 Å². The summed E-state index contributed by atoms with van der Waals surface area (Å²) in [5.74, 6) is 0. The van der Waals surface area contributed by atoms with Crippen molar-refractivity contribution in [3.63, 3.8) is 0 Å². The van der Waals surface area contributed by atoms with Gasteiger partial charge in [0.1, 0.15) is 6.33 Å². The van der Waals surface area contributed by atoms with Crippen LogP contribution in [0.5, 0.6) is 0 Å². The van der Waals surface area contributed by atoms with Gasteiger partial charge in [0.15, 0.2) is 0 Å². The molecule has 0 saturated carbocycles. The molecule has 2 heterocycles. The van der Waals surface area contributed by atoms with Crippen molar-refractivity contribution in [1.29, 1.82) is 0 Å². The molecule has 2 rings (SSSR count). The van der Waals surface area contributed by atoms with E-state index in [-0.39, 0.29) is 6.04 Å². The van der Waals surface area contributed by atoms with E-state index in [2.05, 4.69) is 14.7 Å². The lowest BCUT2D eigenvalue weighted by Gasteiger charge is -2.13. The van der Waals surface area contributed by atoms with Gasteiger partial charge in [-0.25, -0.2) is 4.98 Å². The summed E-state index contributed by atoms with van der Waals surface area (Å²) in [7, 11) is 0. The minimum atomic E-state index is 0.190. The lowest BCUT2D eigenvalue weighted by molar-refractivity contribution is 0.103. The molecule has 0 bridgehead atoms. The Morgan fingerprint density at radius 3 is 2.77 bits per heavy atom. The van der Waals surface area contributed by atoms with E-state index in [1.165, 1.54) is 17.9 Å². The number of aromatic nitrogens is 2. The number of nitrogens with one attached hydrogen (secondary N) is 1. The Labute approximate surface area is 80.2 Å². The van der Waals surface area contributed by atoms with Crippen molar-refractivity contribution in [3.05, 3.63) is 6.33 Å². The molecule has 0 unspecified atom stereocenters. The van der Waals surface area contributed by atoms with Crippen LogP contribution in [0, 0.1) is 0 Å². The molecule has 0 radical (unpaired) electrons. The Morgan fingerprint density at radius 2 is 2.15 bits per heavy atom. The second-order valence-electron chi connectivity index (χ2n) is 2.74. The Bertz CT molecular complexity index is 234. The Kier molecular flexibility index (Phi) is 3.07. The van der Waals surface area contributed by atoms with Crippen LogP contribution in [0.4, 0.5) is 5.13 Å². The zero-order valence-corrected chi connectivity index (χ0v) is 7.92. The summed E-state index contributed by atoms with van der Waals surface area (Å²) < 4.78 is 14.5. The van der Waals surface area contributed by atoms with Crippen molar-refractivity contribution in [2.75, 3.05) is 31.7 Å². The fourth-order valence-electron chi connectivity index (χ4n) is 1.11. The van der Waals surface area contributed by atoms with Gasteiger partial charge in [-0.3, -0.25) is 0 Å². The third-order valence-electron chi connectivity index (χ3n) is 1.70. The van der Waals surface area contributed by atoms with E-state index in [4.69, 9.17) is 9.47 Å². The first kappa shape index (κ1) is 8.86. The maximum atomic E-state index is 5.32. The van der Waals surface area contributed by atoms with E-state index in [1.54, 1.807) is 0 Å². The minimum absolute atomic E-state index is 0.190. The molecule has 1 saturated heterocycles. The molecule has 1 aliphatic rings. The lowest BCUT2D eigenvalue weighted by Crippen LogP contribution is -2.28. The van der Waals surface area contributed by atoms with Crippen LogP contribution in [0.25, 0.3) is 0 Å². The van der Waals surface area contributed by atoms with Crippen LogP contribution in [0.3, 0.4) is 0 Å². The first-order chi connectivity index (χ1) is 6.45. The van der Waals surface area contributed by atoms with Crippen LogP contribution in [0.2, 0.25) is 0 Å². The molecule has 0 aromatic carbocycles. The Balaban J connectivity index is 1.86. The van der Waals surface area contributed by atoms with E-state index >= 15 is 0 Å². The van der Waals surface area contributed by atoms with E-state index in [0.29, 0.717) is 26.4 Å². The molecule has 0 amide bonds. The molecule has 6 heteroatoms. The minimum Gasteiger partial charge on any atom is -0.377 e. The van der Waals surface area contributed by atoms with Crippen LogP contribution in [-0.4, -0.2) is 41.8 Å². The average molecular weight is 201 g/mol. The summed E-state index contributed by atoms with van der Waals surface area (Å²) in [6, 6.07) is 0.190. The average Bonchev–Trinajstić information content (AvgIpc) is 2.49. The first-order valence-corrected chi connectivity index (χ1v) is 4.91. The molecule has 0 aliphatic carbocycles. The third kappa shape index (κ3) is 2.61. The summed E-state index contributed by atoms with van der Waals surface area (Å²) in [6.45, 7) is 2.68. The SMILES string of the molecule is c1nsc(NC2COCCOC2)n1. The molecule has 1 fully saturated rings. The number of ether oxygens (including phenoxy) is 2. The number of hydrogen-bond donors (Lipinski definition) is 1. The Morgan fingerprint density at radius 1 is 1.38 bits per heavy atom. The van der Waals surface area contributed by atoms with Gasteiger partial charge in [-0.1, -0.05) is 0 Å².